The predicted octanol–water partition coefficient (Wildman–Crippen LogP) is 8.42. The van der Waals surface area contributed by atoms with Crippen molar-refractivity contribution in [2.45, 2.75) is 29.2 Å². The molecule has 6 heteroatoms. The predicted molar refractivity (Wildman–Crippen MR) is 159 cm³/mol. The maximum atomic E-state index is 13.8. The number of nitrogens with zero attached hydrogens (tertiary/aromatic N) is 1. The molecule has 0 aliphatic heterocycles. The third-order valence-electron chi connectivity index (χ3n) is 6.50. The molecule has 0 aliphatic carbocycles. The van der Waals surface area contributed by atoms with Crippen molar-refractivity contribution < 1.29 is 14.7 Å². The molecule has 2 N–H and O–H groups in total. The standard InChI is InChI=1S/C33H28N2O3S/c1-23(25-8-3-2-4-9-25)35(29-17-16-26-10-5-6-11-27(26)21-29)33(38)34-28-12-7-13-31(22-28)39-30-18-14-24(15-19-30)20-32(36)37/h2-19,21-23H,20H2,1H3,(H,34,38)(H,36,37). The number of carbonyl (C=O) groups is 2. The van der Waals surface area contributed by atoms with Crippen LogP contribution in [0.1, 0.15) is 24.1 Å². The Bertz CT molecular complexity index is 1600. The number of benzene rings is 5. The fourth-order valence-electron chi connectivity index (χ4n) is 4.53. The van der Waals surface area contributed by atoms with Crippen LogP contribution in [-0.2, 0) is 11.2 Å². The lowest BCUT2D eigenvalue weighted by Crippen LogP contribution is -2.37. The Balaban J connectivity index is 1.39. The Kier molecular flexibility index (Phi) is 7.94. The van der Waals surface area contributed by atoms with Gasteiger partial charge in [0.1, 0.15) is 0 Å². The Hall–Kier alpha value is -4.55. The normalized spacial score (nSPS) is 11.6. The summed E-state index contributed by atoms with van der Waals surface area (Å²) in [6.07, 6.45) is 0.00156. The van der Waals surface area contributed by atoms with E-state index in [4.69, 9.17) is 5.11 Å². The van der Waals surface area contributed by atoms with Gasteiger partial charge in [-0.2, -0.15) is 0 Å². The molecule has 5 aromatic carbocycles. The molecular weight excluding hydrogens is 504 g/mol. The van der Waals surface area contributed by atoms with E-state index in [-0.39, 0.29) is 18.5 Å². The minimum Gasteiger partial charge on any atom is -0.481 e. The van der Waals surface area contributed by atoms with E-state index in [9.17, 15) is 9.59 Å². The van der Waals surface area contributed by atoms with Crippen LogP contribution in [0.4, 0.5) is 16.2 Å². The fraction of sp³-hybridized carbons (Fsp3) is 0.0909. The Morgan fingerprint density at radius 3 is 2.23 bits per heavy atom. The second-order valence-corrected chi connectivity index (χ2v) is 10.4. The first-order chi connectivity index (χ1) is 19.0. The molecule has 0 aromatic heterocycles. The number of urea groups is 1. The molecule has 194 valence electrons. The molecule has 0 bridgehead atoms. The average molecular weight is 533 g/mol. The van der Waals surface area contributed by atoms with E-state index in [1.165, 1.54) is 0 Å². The third-order valence-corrected chi connectivity index (χ3v) is 7.50. The van der Waals surface area contributed by atoms with E-state index >= 15 is 0 Å². The highest BCUT2D eigenvalue weighted by atomic mass is 32.2. The number of hydrogen-bond donors (Lipinski definition) is 2. The first-order valence-electron chi connectivity index (χ1n) is 12.7. The summed E-state index contributed by atoms with van der Waals surface area (Å²) in [5.41, 5.74) is 3.30. The van der Waals surface area contributed by atoms with Gasteiger partial charge < -0.3 is 10.4 Å². The van der Waals surface area contributed by atoms with Gasteiger partial charge in [0.2, 0.25) is 0 Å². The molecule has 5 rings (SSSR count). The SMILES string of the molecule is CC(c1ccccc1)N(C(=O)Nc1cccc(Sc2ccc(CC(=O)O)cc2)c1)c1ccc2ccccc2c1. The van der Waals surface area contributed by atoms with Gasteiger partial charge in [-0.15, -0.1) is 0 Å². The van der Waals surface area contributed by atoms with E-state index in [1.807, 2.05) is 110 Å². The Morgan fingerprint density at radius 2 is 1.49 bits per heavy atom. The lowest BCUT2D eigenvalue weighted by molar-refractivity contribution is -0.136. The van der Waals surface area contributed by atoms with E-state index in [2.05, 4.69) is 23.5 Å². The Labute approximate surface area is 232 Å². The van der Waals surface area contributed by atoms with Gasteiger partial charge in [-0.25, -0.2) is 4.79 Å². The van der Waals surface area contributed by atoms with Gasteiger partial charge in [-0.05, 0) is 71.3 Å². The van der Waals surface area contributed by atoms with Gasteiger partial charge in [0.05, 0.1) is 12.5 Å². The highest BCUT2D eigenvalue weighted by molar-refractivity contribution is 7.99. The topological polar surface area (TPSA) is 69.6 Å². The zero-order valence-corrected chi connectivity index (χ0v) is 22.3. The highest BCUT2D eigenvalue weighted by Gasteiger charge is 2.24. The van der Waals surface area contributed by atoms with Gasteiger partial charge in [0, 0.05) is 21.2 Å². The first-order valence-corrected chi connectivity index (χ1v) is 13.5. The molecule has 5 nitrogen and oxygen atoms in total. The molecule has 39 heavy (non-hydrogen) atoms. The summed E-state index contributed by atoms with van der Waals surface area (Å²) in [4.78, 5) is 28.5. The summed E-state index contributed by atoms with van der Waals surface area (Å²) >= 11 is 1.55. The Morgan fingerprint density at radius 1 is 0.769 bits per heavy atom. The number of rotatable bonds is 8. The van der Waals surface area contributed by atoms with Crippen LogP contribution in [0.25, 0.3) is 10.8 Å². The van der Waals surface area contributed by atoms with Crippen LogP contribution in [0, 0.1) is 0 Å². The number of amides is 2. The largest absolute Gasteiger partial charge is 0.481 e. The van der Waals surface area contributed by atoms with Crippen LogP contribution < -0.4 is 10.2 Å². The van der Waals surface area contributed by atoms with Crippen molar-refractivity contribution in [3.63, 3.8) is 0 Å². The molecule has 0 radical (unpaired) electrons. The van der Waals surface area contributed by atoms with Gasteiger partial charge in [-0.3, -0.25) is 9.69 Å². The second-order valence-electron chi connectivity index (χ2n) is 9.26. The van der Waals surface area contributed by atoms with Crippen LogP contribution >= 0.6 is 11.8 Å². The lowest BCUT2D eigenvalue weighted by atomic mass is 10.0. The summed E-state index contributed by atoms with van der Waals surface area (Å²) in [6, 6.07) is 39.0. The van der Waals surface area contributed by atoms with Crippen molar-refractivity contribution in [2.24, 2.45) is 0 Å². The lowest BCUT2D eigenvalue weighted by Gasteiger charge is -2.30. The molecule has 0 fully saturated rings. The monoisotopic (exact) mass is 532 g/mol. The van der Waals surface area contributed by atoms with E-state index in [0.29, 0.717) is 5.69 Å². The fourth-order valence-corrected chi connectivity index (χ4v) is 5.41. The van der Waals surface area contributed by atoms with Crippen molar-refractivity contribution >= 4 is 45.9 Å². The molecule has 0 saturated heterocycles. The molecule has 0 aliphatic rings. The van der Waals surface area contributed by atoms with Crippen LogP contribution in [0.5, 0.6) is 0 Å². The van der Waals surface area contributed by atoms with Crippen molar-refractivity contribution in [1.29, 1.82) is 0 Å². The minimum atomic E-state index is -0.849. The van der Waals surface area contributed by atoms with Crippen LogP contribution in [0.15, 0.2) is 131 Å². The molecule has 0 saturated carbocycles. The maximum Gasteiger partial charge on any atom is 0.326 e. The number of anilines is 2. The van der Waals surface area contributed by atoms with E-state index in [1.54, 1.807) is 16.7 Å². The minimum absolute atomic E-state index is 0.00156. The van der Waals surface area contributed by atoms with Crippen molar-refractivity contribution in [2.75, 3.05) is 10.2 Å². The van der Waals surface area contributed by atoms with Crippen molar-refractivity contribution in [1.82, 2.24) is 0 Å². The van der Waals surface area contributed by atoms with Crippen molar-refractivity contribution in [3.8, 4) is 0 Å². The average Bonchev–Trinajstić information content (AvgIpc) is 2.94. The van der Waals surface area contributed by atoms with Gasteiger partial charge in [0.15, 0.2) is 0 Å². The number of nitrogens with one attached hydrogen (secondary N) is 1. The van der Waals surface area contributed by atoms with Gasteiger partial charge in [0.25, 0.3) is 0 Å². The summed E-state index contributed by atoms with van der Waals surface area (Å²) in [7, 11) is 0. The van der Waals surface area contributed by atoms with Crippen LogP contribution in [-0.4, -0.2) is 17.1 Å². The van der Waals surface area contributed by atoms with E-state index in [0.717, 1.165) is 37.4 Å². The quantitative estimate of drug-likeness (QED) is 0.210. The molecule has 0 heterocycles. The first kappa shape index (κ1) is 26.1. The molecule has 5 aromatic rings. The van der Waals surface area contributed by atoms with Crippen molar-refractivity contribution in [3.05, 3.63) is 132 Å². The smallest absolute Gasteiger partial charge is 0.326 e. The molecule has 1 unspecified atom stereocenters. The zero-order chi connectivity index (χ0) is 27.2. The number of fused-ring (bicyclic) bond motifs is 1. The summed E-state index contributed by atoms with van der Waals surface area (Å²) in [5.74, 6) is -0.849. The number of carboxylic acid groups (broad SMARTS) is 1. The van der Waals surface area contributed by atoms with Crippen LogP contribution in [0.3, 0.4) is 0 Å². The zero-order valence-electron chi connectivity index (χ0n) is 21.5. The third kappa shape index (κ3) is 6.48. The number of hydrogen-bond acceptors (Lipinski definition) is 3. The molecule has 2 amide bonds. The van der Waals surface area contributed by atoms with Crippen LogP contribution in [0.2, 0.25) is 0 Å². The number of carbonyl (C=O) groups excluding carboxylic acids is 1. The number of aliphatic carboxylic acids is 1. The summed E-state index contributed by atoms with van der Waals surface area (Å²) in [5, 5.41) is 14.3. The summed E-state index contributed by atoms with van der Waals surface area (Å²) < 4.78 is 0. The number of carboxylic acids is 1. The molecule has 1 atom stereocenters. The molecule has 0 spiro atoms. The maximum absolute atomic E-state index is 13.8. The second kappa shape index (κ2) is 11.9. The summed E-state index contributed by atoms with van der Waals surface area (Å²) in [6.45, 7) is 2.03. The molecular formula is C33H28N2O3S. The van der Waals surface area contributed by atoms with E-state index < -0.39 is 5.97 Å². The van der Waals surface area contributed by atoms with Gasteiger partial charge >= 0.3 is 12.0 Å². The van der Waals surface area contributed by atoms with Gasteiger partial charge in [-0.1, -0.05) is 90.6 Å². The highest BCUT2D eigenvalue weighted by Crippen LogP contribution is 2.32.